The Kier molecular flexibility index (Phi) is 8.69. The smallest absolute Gasteiger partial charge is 0.191 e. The summed E-state index contributed by atoms with van der Waals surface area (Å²) in [6.07, 6.45) is 2.57. The van der Waals surface area contributed by atoms with Gasteiger partial charge in [0.25, 0.3) is 0 Å². The van der Waals surface area contributed by atoms with Crippen molar-refractivity contribution in [3.8, 4) is 0 Å². The largest absolute Gasteiger partial charge is 0.383 e. The lowest BCUT2D eigenvalue weighted by Crippen LogP contribution is -2.44. The third-order valence-electron chi connectivity index (χ3n) is 3.70. The molecule has 0 aliphatic carbocycles. The van der Waals surface area contributed by atoms with E-state index in [0.717, 1.165) is 25.0 Å². The minimum atomic E-state index is 0.267. The predicted octanol–water partition coefficient (Wildman–Crippen LogP) is 1.70. The fraction of sp³-hybridized carbons (Fsp3) is 0.938. The van der Waals surface area contributed by atoms with Gasteiger partial charge in [-0.25, -0.2) is 0 Å². The average molecular weight is 298 g/mol. The van der Waals surface area contributed by atoms with Crippen molar-refractivity contribution in [3.63, 3.8) is 0 Å². The lowest BCUT2D eigenvalue weighted by Gasteiger charge is -2.25. The van der Waals surface area contributed by atoms with Gasteiger partial charge in [-0.1, -0.05) is 13.8 Å². The standard InChI is InChI=1S/C16H34N4O/c1-6-17-16(19-14(4)12-21-5)18-10-15-8-7-9-20(15)11-13(2)3/h13-15H,6-12H2,1-5H3,(H2,17,18,19)/t14?,15-/m1/s1. The van der Waals surface area contributed by atoms with Gasteiger partial charge in [0, 0.05) is 32.3 Å². The Morgan fingerprint density at radius 1 is 1.38 bits per heavy atom. The molecule has 5 nitrogen and oxygen atoms in total. The van der Waals surface area contributed by atoms with Crippen molar-refractivity contribution in [1.82, 2.24) is 15.5 Å². The number of aliphatic imine (C=N–C) groups is 1. The Hall–Kier alpha value is -0.810. The quantitative estimate of drug-likeness (QED) is 0.529. The lowest BCUT2D eigenvalue weighted by atomic mass is 10.2. The number of ether oxygens (including phenoxy) is 1. The zero-order valence-electron chi connectivity index (χ0n) is 14.5. The number of nitrogens with one attached hydrogen (secondary N) is 2. The van der Waals surface area contributed by atoms with Crippen molar-refractivity contribution in [2.24, 2.45) is 10.9 Å². The molecule has 5 heteroatoms. The zero-order chi connectivity index (χ0) is 15.7. The molecule has 1 saturated heterocycles. The number of hydrogen-bond donors (Lipinski definition) is 2. The first-order valence-corrected chi connectivity index (χ1v) is 8.34. The lowest BCUT2D eigenvalue weighted by molar-refractivity contribution is 0.179. The first-order valence-electron chi connectivity index (χ1n) is 8.34. The second-order valence-corrected chi connectivity index (χ2v) is 6.41. The Morgan fingerprint density at radius 3 is 2.76 bits per heavy atom. The topological polar surface area (TPSA) is 48.9 Å². The van der Waals surface area contributed by atoms with Crippen LogP contribution in [0.5, 0.6) is 0 Å². The molecule has 1 aliphatic heterocycles. The van der Waals surface area contributed by atoms with Crippen LogP contribution in [0.3, 0.4) is 0 Å². The van der Waals surface area contributed by atoms with E-state index in [1.54, 1.807) is 7.11 Å². The minimum Gasteiger partial charge on any atom is -0.383 e. The summed E-state index contributed by atoms with van der Waals surface area (Å²) in [5.74, 6) is 1.63. The summed E-state index contributed by atoms with van der Waals surface area (Å²) in [6, 6.07) is 0.865. The maximum atomic E-state index is 5.17. The van der Waals surface area contributed by atoms with Gasteiger partial charge in [-0.2, -0.15) is 0 Å². The van der Waals surface area contributed by atoms with E-state index in [1.165, 1.54) is 25.9 Å². The van der Waals surface area contributed by atoms with Gasteiger partial charge in [-0.15, -0.1) is 0 Å². The third-order valence-corrected chi connectivity index (χ3v) is 3.70. The molecule has 1 unspecified atom stereocenters. The summed E-state index contributed by atoms with van der Waals surface area (Å²) in [7, 11) is 1.73. The maximum absolute atomic E-state index is 5.17. The second-order valence-electron chi connectivity index (χ2n) is 6.41. The van der Waals surface area contributed by atoms with E-state index in [4.69, 9.17) is 9.73 Å². The fourth-order valence-corrected chi connectivity index (χ4v) is 2.85. The molecule has 0 radical (unpaired) electrons. The van der Waals surface area contributed by atoms with Gasteiger partial charge >= 0.3 is 0 Å². The Bertz CT molecular complexity index is 307. The highest BCUT2D eigenvalue weighted by Gasteiger charge is 2.24. The van der Waals surface area contributed by atoms with Crippen LogP contribution in [-0.4, -0.2) is 62.8 Å². The van der Waals surface area contributed by atoms with Gasteiger partial charge in [0.15, 0.2) is 5.96 Å². The summed E-state index contributed by atoms with van der Waals surface area (Å²) in [4.78, 5) is 7.37. The van der Waals surface area contributed by atoms with Gasteiger partial charge in [-0.3, -0.25) is 9.89 Å². The summed E-state index contributed by atoms with van der Waals surface area (Å²) in [5, 5.41) is 6.71. The van der Waals surface area contributed by atoms with Gasteiger partial charge in [-0.05, 0) is 39.2 Å². The van der Waals surface area contributed by atoms with Gasteiger partial charge in [0.2, 0.25) is 0 Å². The molecule has 0 amide bonds. The molecule has 0 aromatic heterocycles. The molecule has 1 heterocycles. The Balaban J connectivity index is 2.51. The molecule has 0 spiro atoms. The molecule has 1 rings (SSSR count). The zero-order valence-corrected chi connectivity index (χ0v) is 14.5. The normalized spacial score (nSPS) is 21.8. The average Bonchev–Trinajstić information content (AvgIpc) is 2.83. The molecule has 0 aromatic rings. The van der Waals surface area contributed by atoms with Crippen molar-refractivity contribution >= 4 is 5.96 Å². The van der Waals surface area contributed by atoms with Crippen molar-refractivity contribution in [2.75, 3.05) is 39.9 Å². The molecular formula is C16H34N4O. The molecule has 21 heavy (non-hydrogen) atoms. The number of methoxy groups -OCH3 is 1. The van der Waals surface area contributed by atoms with E-state index in [2.05, 4.69) is 43.2 Å². The van der Waals surface area contributed by atoms with E-state index in [-0.39, 0.29) is 6.04 Å². The number of hydrogen-bond acceptors (Lipinski definition) is 3. The molecule has 2 atom stereocenters. The molecule has 1 aliphatic rings. The first-order chi connectivity index (χ1) is 10.1. The molecule has 124 valence electrons. The van der Waals surface area contributed by atoms with Gasteiger partial charge in [0.1, 0.15) is 0 Å². The van der Waals surface area contributed by atoms with Gasteiger partial charge < -0.3 is 15.4 Å². The highest BCUT2D eigenvalue weighted by Crippen LogP contribution is 2.18. The number of likely N-dealkylation sites (tertiary alicyclic amines) is 1. The van der Waals surface area contributed by atoms with Crippen molar-refractivity contribution in [2.45, 2.75) is 52.6 Å². The summed E-state index contributed by atoms with van der Waals surface area (Å²) in [5.41, 5.74) is 0. The predicted molar refractivity (Wildman–Crippen MR) is 89.9 cm³/mol. The maximum Gasteiger partial charge on any atom is 0.191 e. The van der Waals surface area contributed by atoms with Crippen LogP contribution in [0.25, 0.3) is 0 Å². The third kappa shape index (κ3) is 7.14. The van der Waals surface area contributed by atoms with Crippen LogP contribution in [0.1, 0.15) is 40.5 Å². The van der Waals surface area contributed by atoms with E-state index in [0.29, 0.717) is 12.6 Å². The monoisotopic (exact) mass is 298 g/mol. The first kappa shape index (κ1) is 18.2. The second kappa shape index (κ2) is 10.0. The number of guanidine groups is 1. The van der Waals surface area contributed by atoms with Gasteiger partial charge in [0.05, 0.1) is 13.2 Å². The van der Waals surface area contributed by atoms with Crippen molar-refractivity contribution in [1.29, 1.82) is 0 Å². The highest BCUT2D eigenvalue weighted by molar-refractivity contribution is 5.80. The molecule has 0 bridgehead atoms. The Morgan fingerprint density at radius 2 is 2.14 bits per heavy atom. The van der Waals surface area contributed by atoms with E-state index >= 15 is 0 Å². The van der Waals surface area contributed by atoms with Crippen molar-refractivity contribution < 1.29 is 4.74 Å². The number of nitrogens with zero attached hydrogens (tertiary/aromatic N) is 2. The molecular weight excluding hydrogens is 264 g/mol. The number of rotatable bonds is 8. The van der Waals surface area contributed by atoms with Crippen LogP contribution in [0.4, 0.5) is 0 Å². The van der Waals surface area contributed by atoms with Crippen LogP contribution < -0.4 is 10.6 Å². The SMILES string of the molecule is CCNC(=NC[C@H]1CCCN1CC(C)C)NC(C)COC. The van der Waals surface area contributed by atoms with Crippen LogP contribution >= 0.6 is 0 Å². The molecule has 2 N–H and O–H groups in total. The summed E-state index contributed by atoms with van der Waals surface area (Å²) in [6.45, 7) is 13.6. The highest BCUT2D eigenvalue weighted by atomic mass is 16.5. The van der Waals surface area contributed by atoms with Crippen LogP contribution in [0, 0.1) is 5.92 Å². The van der Waals surface area contributed by atoms with Crippen LogP contribution in [-0.2, 0) is 4.74 Å². The molecule has 0 saturated carbocycles. The van der Waals surface area contributed by atoms with E-state index in [1.807, 2.05) is 0 Å². The molecule has 0 aromatic carbocycles. The van der Waals surface area contributed by atoms with Crippen LogP contribution in [0.2, 0.25) is 0 Å². The summed E-state index contributed by atoms with van der Waals surface area (Å²) < 4.78 is 5.17. The summed E-state index contributed by atoms with van der Waals surface area (Å²) >= 11 is 0. The Labute approximate surface area is 130 Å². The minimum absolute atomic E-state index is 0.267. The van der Waals surface area contributed by atoms with Crippen molar-refractivity contribution in [3.05, 3.63) is 0 Å². The molecule has 1 fully saturated rings. The van der Waals surface area contributed by atoms with E-state index in [9.17, 15) is 0 Å². The van der Waals surface area contributed by atoms with Crippen LogP contribution in [0.15, 0.2) is 4.99 Å². The van der Waals surface area contributed by atoms with E-state index < -0.39 is 0 Å². The fourth-order valence-electron chi connectivity index (χ4n) is 2.85.